The quantitative estimate of drug-likeness (QED) is 0.240. The van der Waals surface area contributed by atoms with Crippen LogP contribution in [0.4, 0.5) is 0 Å². The Labute approximate surface area is 183 Å². The van der Waals surface area contributed by atoms with E-state index in [1.54, 1.807) is 6.07 Å². The molecule has 2 rings (SSSR count). The van der Waals surface area contributed by atoms with Gasteiger partial charge in [0.25, 0.3) is 0 Å². The number of phenolic OH excluding ortho intramolecular Hbond substituents is 1. The third-order valence-electron chi connectivity index (χ3n) is 5.51. The largest absolute Gasteiger partial charge is 0.508 e. The van der Waals surface area contributed by atoms with Gasteiger partial charge in [-0.15, -0.1) is 0 Å². The molecule has 0 aliphatic heterocycles. The predicted molar refractivity (Wildman–Crippen MR) is 125 cm³/mol. The summed E-state index contributed by atoms with van der Waals surface area (Å²) in [5.74, 6) is 0.824. The van der Waals surface area contributed by atoms with Crippen LogP contribution in [0, 0.1) is 0 Å². The smallest absolute Gasteiger partial charge is 0.394 e. The van der Waals surface area contributed by atoms with E-state index in [4.69, 9.17) is 9.05 Å². The number of hydrogen-bond donors (Lipinski definition) is 2. The van der Waals surface area contributed by atoms with Gasteiger partial charge in [-0.25, -0.2) is 0 Å². The first-order valence-corrected chi connectivity index (χ1v) is 12.3. The Morgan fingerprint density at radius 1 is 0.800 bits per heavy atom. The first kappa shape index (κ1) is 24.7. The average molecular weight is 433 g/mol. The van der Waals surface area contributed by atoms with E-state index in [1.165, 1.54) is 38.5 Å². The molecule has 166 valence electrons. The molecular weight excluding hydrogens is 395 g/mol. The second kappa shape index (κ2) is 12.9. The first-order valence-electron chi connectivity index (χ1n) is 11.1. The Morgan fingerprint density at radius 3 is 2.03 bits per heavy atom. The fraction of sp³-hybridized carbons (Fsp3) is 0.520. The van der Waals surface area contributed by atoms with Gasteiger partial charge in [-0.3, -0.25) is 0 Å². The summed E-state index contributed by atoms with van der Waals surface area (Å²) >= 11 is 0. The summed E-state index contributed by atoms with van der Waals surface area (Å²) in [6.07, 6.45) is 9.80. The van der Waals surface area contributed by atoms with Crippen LogP contribution in [0.5, 0.6) is 11.5 Å². The molecule has 0 aromatic heterocycles. The number of hydrogen-bond acceptors (Lipinski definition) is 4. The Morgan fingerprint density at radius 2 is 1.37 bits per heavy atom. The molecule has 2 N–H and O–H groups in total. The van der Waals surface area contributed by atoms with Crippen molar-refractivity contribution in [1.82, 2.24) is 0 Å². The summed E-state index contributed by atoms with van der Waals surface area (Å²) < 4.78 is 11.3. The van der Waals surface area contributed by atoms with Crippen molar-refractivity contribution in [1.29, 1.82) is 0 Å². The van der Waals surface area contributed by atoms with Crippen LogP contribution in [0.3, 0.4) is 0 Å². The second-order valence-corrected chi connectivity index (χ2v) is 9.19. The highest BCUT2D eigenvalue weighted by atomic mass is 31.2. The fourth-order valence-corrected chi connectivity index (χ4v) is 4.36. The molecule has 2 aromatic carbocycles. The van der Waals surface area contributed by atoms with Crippen LogP contribution in [-0.4, -0.2) is 16.6 Å². The monoisotopic (exact) mass is 432 g/mol. The van der Waals surface area contributed by atoms with Crippen LogP contribution in [0.25, 0.3) is 0 Å². The standard InChI is InChI=1S/C25H37O4P/c1-4-5-6-7-8-9-10-15-20-28-30(27)29-24-19-14-12-17-22(24)25(2,3)21-16-11-13-18-23(21)26/h11-14,16-19,26-27H,4-10,15,20H2,1-3H3. The maximum Gasteiger partial charge on any atom is 0.394 e. The molecule has 0 spiro atoms. The van der Waals surface area contributed by atoms with Gasteiger partial charge >= 0.3 is 8.60 Å². The lowest BCUT2D eigenvalue weighted by Gasteiger charge is -2.29. The van der Waals surface area contributed by atoms with Crippen LogP contribution >= 0.6 is 8.60 Å². The number of benzene rings is 2. The van der Waals surface area contributed by atoms with Crippen LogP contribution in [0.1, 0.15) is 83.3 Å². The highest BCUT2D eigenvalue weighted by molar-refractivity contribution is 7.41. The van der Waals surface area contributed by atoms with Crippen molar-refractivity contribution in [2.45, 2.75) is 77.6 Å². The minimum Gasteiger partial charge on any atom is -0.508 e. The lowest BCUT2D eigenvalue weighted by atomic mass is 9.77. The van der Waals surface area contributed by atoms with Gasteiger partial charge in [0.05, 0.1) is 6.61 Å². The van der Waals surface area contributed by atoms with Crippen molar-refractivity contribution in [2.24, 2.45) is 0 Å². The lowest BCUT2D eigenvalue weighted by Crippen LogP contribution is -2.20. The van der Waals surface area contributed by atoms with Crippen molar-refractivity contribution < 1.29 is 19.0 Å². The number of unbranched alkanes of at least 4 members (excludes halogenated alkanes) is 7. The summed E-state index contributed by atoms with van der Waals surface area (Å²) in [6, 6.07) is 14.9. The molecule has 4 nitrogen and oxygen atoms in total. The van der Waals surface area contributed by atoms with E-state index in [9.17, 15) is 10.00 Å². The van der Waals surface area contributed by atoms with E-state index in [0.717, 1.165) is 24.0 Å². The van der Waals surface area contributed by atoms with Crippen molar-refractivity contribution in [3.63, 3.8) is 0 Å². The molecule has 0 saturated carbocycles. The summed E-state index contributed by atoms with van der Waals surface area (Å²) in [4.78, 5) is 10.3. The molecule has 0 aliphatic rings. The van der Waals surface area contributed by atoms with Crippen molar-refractivity contribution >= 4 is 8.60 Å². The normalized spacial score (nSPS) is 12.7. The van der Waals surface area contributed by atoms with E-state index in [2.05, 4.69) is 6.92 Å². The van der Waals surface area contributed by atoms with Crippen LogP contribution < -0.4 is 4.52 Å². The van der Waals surface area contributed by atoms with Gasteiger partial charge in [-0.2, -0.15) is 0 Å². The zero-order valence-corrected chi connectivity index (χ0v) is 19.5. The fourth-order valence-electron chi connectivity index (χ4n) is 3.70. The highest BCUT2D eigenvalue weighted by Crippen LogP contribution is 2.44. The van der Waals surface area contributed by atoms with Crippen molar-refractivity contribution in [3.05, 3.63) is 59.7 Å². The van der Waals surface area contributed by atoms with Crippen LogP contribution in [-0.2, 0) is 9.94 Å². The van der Waals surface area contributed by atoms with E-state index in [0.29, 0.717) is 12.4 Å². The highest BCUT2D eigenvalue weighted by Gasteiger charge is 2.29. The molecule has 0 heterocycles. The lowest BCUT2D eigenvalue weighted by molar-refractivity contribution is 0.252. The van der Waals surface area contributed by atoms with Crippen molar-refractivity contribution in [3.8, 4) is 11.5 Å². The topological polar surface area (TPSA) is 58.9 Å². The number of para-hydroxylation sites is 2. The molecule has 30 heavy (non-hydrogen) atoms. The van der Waals surface area contributed by atoms with E-state index >= 15 is 0 Å². The van der Waals surface area contributed by atoms with Gasteiger partial charge in [0.1, 0.15) is 11.5 Å². The van der Waals surface area contributed by atoms with Gasteiger partial charge in [-0.05, 0) is 18.6 Å². The minimum absolute atomic E-state index is 0.245. The minimum atomic E-state index is -1.99. The Kier molecular flexibility index (Phi) is 10.6. The van der Waals surface area contributed by atoms with Crippen molar-refractivity contribution in [2.75, 3.05) is 6.61 Å². The SMILES string of the molecule is CCCCCCCCCCOP(O)Oc1ccccc1C(C)(C)c1ccccc1O. The van der Waals surface area contributed by atoms with E-state index in [1.807, 2.05) is 56.3 Å². The Balaban J connectivity index is 1.85. The third-order valence-corrected chi connectivity index (χ3v) is 6.27. The van der Waals surface area contributed by atoms with Crippen LogP contribution in [0.2, 0.25) is 0 Å². The molecule has 0 saturated heterocycles. The molecule has 0 radical (unpaired) electrons. The van der Waals surface area contributed by atoms with Gasteiger partial charge in [0.2, 0.25) is 0 Å². The Bertz CT molecular complexity index is 747. The molecule has 5 heteroatoms. The molecule has 0 amide bonds. The van der Waals surface area contributed by atoms with E-state index in [-0.39, 0.29) is 5.75 Å². The van der Waals surface area contributed by atoms with Gasteiger partial charge in [0, 0.05) is 16.5 Å². The second-order valence-electron chi connectivity index (χ2n) is 8.28. The first-order chi connectivity index (χ1) is 14.5. The zero-order chi connectivity index (χ0) is 21.8. The number of phenols is 1. The maximum atomic E-state index is 10.3. The maximum absolute atomic E-state index is 10.3. The molecule has 0 fully saturated rings. The molecular formula is C25H37O4P. The van der Waals surface area contributed by atoms with Crippen LogP contribution in [0.15, 0.2) is 48.5 Å². The van der Waals surface area contributed by atoms with Gasteiger partial charge in [-0.1, -0.05) is 102 Å². The molecule has 1 unspecified atom stereocenters. The van der Waals surface area contributed by atoms with Gasteiger partial charge in [0.15, 0.2) is 0 Å². The predicted octanol–water partition coefficient (Wildman–Crippen LogP) is 7.47. The van der Waals surface area contributed by atoms with E-state index < -0.39 is 14.0 Å². The average Bonchev–Trinajstić information content (AvgIpc) is 2.73. The number of aromatic hydroxyl groups is 1. The molecule has 0 aliphatic carbocycles. The molecule has 1 atom stereocenters. The summed E-state index contributed by atoms with van der Waals surface area (Å²) in [5.41, 5.74) is 1.21. The Hall–Kier alpha value is -1.61. The summed E-state index contributed by atoms with van der Waals surface area (Å²) in [6.45, 7) is 6.80. The third kappa shape index (κ3) is 7.58. The van der Waals surface area contributed by atoms with Gasteiger partial charge < -0.3 is 19.0 Å². The molecule has 0 bridgehead atoms. The molecule has 2 aromatic rings. The zero-order valence-electron chi connectivity index (χ0n) is 18.6. The summed E-state index contributed by atoms with van der Waals surface area (Å²) in [7, 11) is -1.99. The number of rotatable bonds is 14. The summed E-state index contributed by atoms with van der Waals surface area (Å²) in [5, 5.41) is 10.3.